The van der Waals surface area contributed by atoms with Crippen molar-refractivity contribution in [2.75, 3.05) is 12.4 Å². The fourth-order valence-corrected chi connectivity index (χ4v) is 3.16. The average molecular weight is 356 g/mol. The summed E-state index contributed by atoms with van der Waals surface area (Å²) >= 11 is 1.34. The monoisotopic (exact) mass is 356 g/mol. The molecule has 128 valence electrons. The van der Waals surface area contributed by atoms with Crippen molar-refractivity contribution in [3.63, 3.8) is 0 Å². The molecule has 6 heteroatoms. The number of ether oxygens (including phenoxy) is 1. The molecule has 0 radical (unpaired) electrons. The lowest BCUT2D eigenvalue weighted by Gasteiger charge is -2.07. The summed E-state index contributed by atoms with van der Waals surface area (Å²) in [6.07, 6.45) is 0.928. The number of hydrogen-bond acceptors (Lipinski definition) is 4. The van der Waals surface area contributed by atoms with Crippen LogP contribution in [0.3, 0.4) is 0 Å². The zero-order valence-electron chi connectivity index (χ0n) is 13.7. The molecule has 0 aliphatic heterocycles. The minimum atomic E-state index is -0.288. The molecule has 25 heavy (non-hydrogen) atoms. The third kappa shape index (κ3) is 4.42. The number of para-hydroxylation sites is 1. The lowest BCUT2D eigenvalue weighted by Crippen LogP contribution is -2.12. The summed E-state index contributed by atoms with van der Waals surface area (Å²) < 4.78 is 18.3. The van der Waals surface area contributed by atoms with Crippen molar-refractivity contribution in [2.45, 2.75) is 12.8 Å². The molecule has 1 amide bonds. The van der Waals surface area contributed by atoms with E-state index in [0.717, 1.165) is 16.9 Å². The Hall–Kier alpha value is -2.73. The second-order valence-corrected chi connectivity index (χ2v) is 6.26. The number of halogens is 1. The topological polar surface area (TPSA) is 51.2 Å². The molecule has 0 aliphatic carbocycles. The summed E-state index contributed by atoms with van der Waals surface area (Å²) in [4.78, 5) is 16.5. The van der Waals surface area contributed by atoms with Crippen LogP contribution < -0.4 is 10.1 Å². The average Bonchev–Trinajstić information content (AvgIpc) is 3.09. The number of rotatable bonds is 6. The molecule has 3 rings (SSSR count). The lowest BCUT2D eigenvalue weighted by atomic mass is 10.1. The van der Waals surface area contributed by atoms with Crippen LogP contribution in [0.5, 0.6) is 5.75 Å². The number of carbonyl (C=O) groups is 1. The largest absolute Gasteiger partial charge is 0.496 e. The Labute approximate surface area is 149 Å². The summed E-state index contributed by atoms with van der Waals surface area (Å²) in [5.41, 5.74) is 2.52. The standard InChI is InChI=1S/C19H17FN2O2S/c1-24-17-5-3-2-4-14(17)8-11-18(23)22-19-21-16(12-25-19)13-6-9-15(20)10-7-13/h2-7,9-10,12H,8,11H2,1H3,(H,21,22,23). The van der Waals surface area contributed by atoms with Gasteiger partial charge in [0.25, 0.3) is 0 Å². The molecular weight excluding hydrogens is 339 g/mol. The minimum absolute atomic E-state index is 0.106. The van der Waals surface area contributed by atoms with Gasteiger partial charge in [-0.2, -0.15) is 0 Å². The first kappa shape index (κ1) is 17.1. The second kappa shape index (κ2) is 7.90. The third-order valence-corrected chi connectivity index (χ3v) is 4.46. The summed E-state index contributed by atoms with van der Waals surface area (Å²) in [5, 5.41) is 5.17. The van der Waals surface area contributed by atoms with Gasteiger partial charge in [-0.1, -0.05) is 18.2 Å². The number of nitrogens with one attached hydrogen (secondary N) is 1. The normalized spacial score (nSPS) is 10.5. The fraction of sp³-hybridized carbons (Fsp3) is 0.158. The maximum atomic E-state index is 13.0. The molecule has 0 saturated heterocycles. The predicted octanol–water partition coefficient (Wildman–Crippen LogP) is 4.53. The van der Waals surface area contributed by atoms with E-state index in [2.05, 4.69) is 10.3 Å². The van der Waals surface area contributed by atoms with Gasteiger partial charge in [0.2, 0.25) is 5.91 Å². The van der Waals surface area contributed by atoms with Crippen molar-refractivity contribution in [2.24, 2.45) is 0 Å². The summed E-state index contributed by atoms with van der Waals surface area (Å²) in [6, 6.07) is 13.8. The number of aromatic nitrogens is 1. The van der Waals surface area contributed by atoms with Crippen LogP contribution in [-0.4, -0.2) is 18.0 Å². The van der Waals surface area contributed by atoms with Crippen LogP contribution in [0.2, 0.25) is 0 Å². The van der Waals surface area contributed by atoms with Gasteiger partial charge in [-0.3, -0.25) is 4.79 Å². The van der Waals surface area contributed by atoms with E-state index in [1.54, 1.807) is 19.2 Å². The van der Waals surface area contributed by atoms with Crippen LogP contribution in [0.1, 0.15) is 12.0 Å². The molecular formula is C19H17FN2O2S. The van der Waals surface area contributed by atoms with E-state index in [1.807, 2.05) is 29.6 Å². The van der Waals surface area contributed by atoms with Gasteiger partial charge in [0.1, 0.15) is 11.6 Å². The number of amides is 1. The van der Waals surface area contributed by atoms with Crippen molar-refractivity contribution in [1.82, 2.24) is 4.98 Å². The molecule has 0 aliphatic rings. The van der Waals surface area contributed by atoms with Crippen molar-refractivity contribution >= 4 is 22.4 Å². The van der Waals surface area contributed by atoms with Gasteiger partial charge in [-0.15, -0.1) is 11.3 Å². The first-order valence-electron chi connectivity index (χ1n) is 7.79. The molecule has 0 unspecified atom stereocenters. The van der Waals surface area contributed by atoms with Crippen LogP contribution in [0, 0.1) is 5.82 Å². The Morgan fingerprint density at radius 3 is 2.72 bits per heavy atom. The second-order valence-electron chi connectivity index (χ2n) is 5.40. The lowest BCUT2D eigenvalue weighted by molar-refractivity contribution is -0.116. The zero-order chi connectivity index (χ0) is 17.6. The quantitative estimate of drug-likeness (QED) is 0.706. The van der Waals surface area contributed by atoms with Crippen LogP contribution in [0.25, 0.3) is 11.3 Å². The summed E-state index contributed by atoms with van der Waals surface area (Å²) in [7, 11) is 1.62. The van der Waals surface area contributed by atoms with Crippen LogP contribution in [0.4, 0.5) is 9.52 Å². The number of anilines is 1. The molecule has 0 spiro atoms. The zero-order valence-corrected chi connectivity index (χ0v) is 14.5. The van der Waals surface area contributed by atoms with Gasteiger partial charge in [-0.05, 0) is 42.3 Å². The van der Waals surface area contributed by atoms with Crippen molar-refractivity contribution < 1.29 is 13.9 Å². The molecule has 0 bridgehead atoms. The number of carbonyl (C=O) groups excluding carboxylic acids is 1. The molecule has 2 aromatic carbocycles. The highest BCUT2D eigenvalue weighted by atomic mass is 32.1. The highest BCUT2D eigenvalue weighted by Gasteiger charge is 2.10. The number of hydrogen-bond donors (Lipinski definition) is 1. The smallest absolute Gasteiger partial charge is 0.226 e. The maximum absolute atomic E-state index is 13.0. The van der Waals surface area contributed by atoms with E-state index in [0.29, 0.717) is 23.7 Å². The Morgan fingerprint density at radius 1 is 1.20 bits per heavy atom. The molecule has 1 aromatic heterocycles. The Bertz CT molecular complexity index is 862. The van der Waals surface area contributed by atoms with Crippen LogP contribution in [0.15, 0.2) is 53.9 Å². The van der Waals surface area contributed by atoms with Crippen molar-refractivity contribution in [1.29, 1.82) is 0 Å². The minimum Gasteiger partial charge on any atom is -0.496 e. The Kier molecular flexibility index (Phi) is 5.40. The van der Waals surface area contributed by atoms with E-state index < -0.39 is 0 Å². The number of methoxy groups -OCH3 is 1. The van der Waals surface area contributed by atoms with E-state index in [9.17, 15) is 9.18 Å². The molecule has 0 atom stereocenters. The van der Waals surface area contributed by atoms with E-state index >= 15 is 0 Å². The van der Waals surface area contributed by atoms with Crippen molar-refractivity contribution in [3.05, 3.63) is 65.3 Å². The summed E-state index contributed by atoms with van der Waals surface area (Å²) in [6.45, 7) is 0. The summed E-state index contributed by atoms with van der Waals surface area (Å²) in [5.74, 6) is 0.387. The molecule has 1 N–H and O–H groups in total. The van der Waals surface area contributed by atoms with Crippen molar-refractivity contribution in [3.8, 4) is 17.0 Å². The van der Waals surface area contributed by atoms with Gasteiger partial charge in [0.05, 0.1) is 12.8 Å². The number of aryl methyl sites for hydroxylation is 1. The Morgan fingerprint density at radius 2 is 1.96 bits per heavy atom. The maximum Gasteiger partial charge on any atom is 0.226 e. The van der Waals surface area contributed by atoms with E-state index in [-0.39, 0.29) is 11.7 Å². The molecule has 1 heterocycles. The van der Waals surface area contributed by atoms with E-state index in [4.69, 9.17) is 4.74 Å². The molecule has 3 aromatic rings. The highest BCUT2D eigenvalue weighted by Crippen LogP contribution is 2.25. The van der Waals surface area contributed by atoms with Gasteiger partial charge < -0.3 is 10.1 Å². The highest BCUT2D eigenvalue weighted by molar-refractivity contribution is 7.14. The van der Waals surface area contributed by atoms with Gasteiger partial charge >= 0.3 is 0 Å². The van der Waals surface area contributed by atoms with Gasteiger partial charge in [0.15, 0.2) is 5.13 Å². The van der Waals surface area contributed by atoms with Crippen LogP contribution in [-0.2, 0) is 11.2 Å². The molecule has 0 saturated carbocycles. The molecule has 0 fully saturated rings. The van der Waals surface area contributed by atoms with Crippen LogP contribution >= 0.6 is 11.3 Å². The third-order valence-electron chi connectivity index (χ3n) is 3.70. The number of nitrogens with zero attached hydrogens (tertiary/aromatic N) is 1. The Balaban J connectivity index is 1.59. The first-order valence-corrected chi connectivity index (χ1v) is 8.67. The van der Waals surface area contributed by atoms with Gasteiger partial charge in [0, 0.05) is 17.4 Å². The number of thiazole rings is 1. The van der Waals surface area contributed by atoms with E-state index in [1.165, 1.54) is 23.5 Å². The van der Waals surface area contributed by atoms with Gasteiger partial charge in [-0.25, -0.2) is 9.37 Å². The predicted molar refractivity (Wildman–Crippen MR) is 97.5 cm³/mol. The molecule has 4 nitrogen and oxygen atoms in total. The number of benzene rings is 2. The SMILES string of the molecule is COc1ccccc1CCC(=O)Nc1nc(-c2ccc(F)cc2)cs1. The first-order chi connectivity index (χ1) is 12.2. The fourth-order valence-electron chi connectivity index (χ4n) is 2.42.